The highest BCUT2D eigenvalue weighted by Gasteiger charge is 2.16. The lowest BCUT2D eigenvalue weighted by Gasteiger charge is -2.07. The Bertz CT molecular complexity index is 442. The Morgan fingerprint density at radius 1 is 1.50 bits per heavy atom. The summed E-state index contributed by atoms with van der Waals surface area (Å²) in [6.45, 7) is 3.97. The van der Waals surface area contributed by atoms with Crippen molar-refractivity contribution in [3.63, 3.8) is 0 Å². The number of fused-ring (bicyclic) bond motifs is 1. The van der Waals surface area contributed by atoms with Crippen LogP contribution in [0.2, 0.25) is 0 Å². The van der Waals surface area contributed by atoms with Gasteiger partial charge >= 0.3 is 6.09 Å². The fourth-order valence-electron chi connectivity index (χ4n) is 1.46. The molecule has 0 atom stereocenters. The SMILES string of the molecule is C=Cc1cc2c(cc1COC(N)=O)OCO2. The van der Waals surface area contributed by atoms with E-state index in [2.05, 4.69) is 6.58 Å². The van der Waals surface area contributed by atoms with Crippen molar-refractivity contribution in [3.05, 3.63) is 29.8 Å². The molecule has 0 saturated carbocycles. The molecule has 2 N–H and O–H groups in total. The first kappa shape index (κ1) is 10.4. The number of amides is 1. The summed E-state index contributed by atoms with van der Waals surface area (Å²) in [7, 11) is 0. The van der Waals surface area contributed by atoms with Crippen molar-refractivity contribution >= 4 is 12.2 Å². The number of hydrogen-bond acceptors (Lipinski definition) is 4. The van der Waals surface area contributed by atoms with E-state index in [1.807, 2.05) is 0 Å². The average Bonchev–Trinajstić information content (AvgIpc) is 2.71. The minimum absolute atomic E-state index is 0.0906. The Balaban J connectivity index is 2.28. The predicted molar refractivity (Wildman–Crippen MR) is 57.0 cm³/mol. The smallest absolute Gasteiger partial charge is 0.404 e. The minimum atomic E-state index is -0.812. The van der Waals surface area contributed by atoms with Crippen molar-refractivity contribution in [1.29, 1.82) is 0 Å². The van der Waals surface area contributed by atoms with Gasteiger partial charge in [-0.15, -0.1) is 0 Å². The molecule has 0 bridgehead atoms. The fraction of sp³-hybridized carbons (Fsp3) is 0.182. The van der Waals surface area contributed by atoms with Gasteiger partial charge in [0, 0.05) is 5.56 Å². The van der Waals surface area contributed by atoms with Gasteiger partial charge in [0.15, 0.2) is 11.5 Å². The molecule has 0 aliphatic carbocycles. The first-order valence-corrected chi connectivity index (χ1v) is 4.68. The van der Waals surface area contributed by atoms with Crippen LogP contribution in [-0.2, 0) is 11.3 Å². The zero-order valence-electron chi connectivity index (χ0n) is 8.56. The largest absolute Gasteiger partial charge is 0.454 e. The Labute approximate surface area is 92.4 Å². The lowest BCUT2D eigenvalue weighted by molar-refractivity contribution is 0.150. The van der Waals surface area contributed by atoms with Crippen LogP contribution >= 0.6 is 0 Å². The highest BCUT2D eigenvalue weighted by Crippen LogP contribution is 2.35. The summed E-state index contributed by atoms with van der Waals surface area (Å²) >= 11 is 0. The van der Waals surface area contributed by atoms with Crippen LogP contribution in [0.25, 0.3) is 6.08 Å². The van der Waals surface area contributed by atoms with E-state index in [9.17, 15) is 4.79 Å². The van der Waals surface area contributed by atoms with Crippen LogP contribution in [0.4, 0.5) is 4.79 Å². The van der Waals surface area contributed by atoms with Crippen LogP contribution in [-0.4, -0.2) is 12.9 Å². The monoisotopic (exact) mass is 221 g/mol. The maximum atomic E-state index is 10.5. The molecule has 0 radical (unpaired) electrons. The third-order valence-corrected chi connectivity index (χ3v) is 2.22. The first-order valence-electron chi connectivity index (χ1n) is 4.68. The molecule has 1 aromatic rings. The molecule has 0 saturated heterocycles. The number of ether oxygens (including phenoxy) is 3. The zero-order chi connectivity index (χ0) is 11.5. The summed E-state index contributed by atoms with van der Waals surface area (Å²) in [4.78, 5) is 10.5. The lowest BCUT2D eigenvalue weighted by atomic mass is 10.1. The summed E-state index contributed by atoms with van der Waals surface area (Å²) in [6.07, 6.45) is 0.842. The van der Waals surface area contributed by atoms with Crippen molar-refractivity contribution in [2.45, 2.75) is 6.61 Å². The second kappa shape index (κ2) is 4.14. The third-order valence-electron chi connectivity index (χ3n) is 2.22. The summed E-state index contributed by atoms with van der Waals surface area (Å²) in [6, 6.07) is 3.54. The third kappa shape index (κ3) is 1.93. The normalized spacial score (nSPS) is 12.2. The zero-order valence-corrected chi connectivity index (χ0v) is 8.56. The first-order chi connectivity index (χ1) is 7.70. The number of benzene rings is 1. The molecule has 2 rings (SSSR count). The molecule has 0 spiro atoms. The van der Waals surface area contributed by atoms with Gasteiger partial charge in [0.05, 0.1) is 0 Å². The number of carbonyl (C=O) groups is 1. The number of rotatable bonds is 3. The van der Waals surface area contributed by atoms with E-state index in [1.54, 1.807) is 18.2 Å². The quantitative estimate of drug-likeness (QED) is 0.842. The Kier molecular flexibility index (Phi) is 2.68. The van der Waals surface area contributed by atoms with Crippen LogP contribution in [0.1, 0.15) is 11.1 Å². The van der Waals surface area contributed by atoms with Crippen LogP contribution in [0, 0.1) is 0 Å². The topological polar surface area (TPSA) is 70.8 Å². The molecule has 1 aliphatic rings. The average molecular weight is 221 g/mol. The van der Waals surface area contributed by atoms with E-state index >= 15 is 0 Å². The van der Waals surface area contributed by atoms with Crippen molar-refractivity contribution in [3.8, 4) is 11.5 Å². The van der Waals surface area contributed by atoms with Gasteiger partial charge in [0.1, 0.15) is 6.61 Å². The molecule has 1 aliphatic heterocycles. The highest BCUT2D eigenvalue weighted by atomic mass is 16.7. The molecule has 1 heterocycles. The maximum Gasteiger partial charge on any atom is 0.404 e. The fourth-order valence-corrected chi connectivity index (χ4v) is 1.46. The van der Waals surface area contributed by atoms with E-state index in [0.717, 1.165) is 11.1 Å². The van der Waals surface area contributed by atoms with E-state index in [-0.39, 0.29) is 13.4 Å². The van der Waals surface area contributed by atoms with Gasteiger partial charge in [0.25, 0.3) is 0 Å². The Morgan fingerprint density at radius 2 is 2.19 bits per heavy atom. The number of hydrogen-bond donors (Lipinski definition) is 1. The number of carbonyl (C=O) groups excluding carboxylic acids is 1. The molecular formula is C11H11NO4. The van der Waals surface area contributed by atoms with Gasteiger partial charge in [-0.3, -0.25) is 0 Å². The Hall–Kier alpha value is -2.17. The van der Waals surface area contributed by atoms with Gasteiger partial charge in [-0.1, -0.05) is 12.7 Å². The minimum Gasteiger partial charge on any atom is -0.454 e. The van der Waals surface area contributed by atoms with Gasteiger partial charge in [-0.25, -0.2) is 4.79 Å². The second-order valence-corrected chi connectivity index (χ2v) is 3.22. The van der Waals surface area contributed by atoms with Crippen LogP contribution in [0.3, 0.4) is 0 Å². The molecule has 5 nitrogen and oxygen atoms in total. The van der Waals surface area contributed by atoms with E-state index in [0.29, 0.717) is 11.5 Å². The second-order valence-electron chi connectivity index (χ2n) is 3.22. The summed E-state index contributed by atoms with van der Waals surface area (Å²) in [5, 5.41) is 0. The highest BCUT2D eigenvalue weighted by molar-refractivity contribution is 5.65. The molecule has 16 heavy (non-hydrogen) atoms. The predicted octanol–water partition coefficient (Wildman–Crippen LogP) is 1.65. The number of primary amides is 1. The van der Waals surface area contributed by atoms with Gasteiger partial charge in [0.2, 0.25) is 6.79 Å². The number of nitrogens with two attached hydrogens (primary N) is 1. The maximum absolute atomic E-state index is 10.5. The summed E-state index contributed by atoms with van der Waals surface area (Å²) in [5.74, 6) is 1.30. The summed E-state index contributed by atoms with van der Waals surface area (Å²) in [5.41, 5.74) is 6.50. The van der Waals surface area contributed by atoms with E-state index in [4.69, 9.17) is 19.9 Å². The molecule has 0 fully saturated rings. The molecule has 0 unspecified atom stereocenters. The van der Waals surface area contributed by atoms with Crippen LogP contribution < -0.4 is 15.2 Å². The van der Waals surface area contributed by atoms with Gasteiger partial charge in [-0.05, 0) is 17.7 Å². The van der Waals surface area contributed by atoms with E-state index in [1.165, 1.54) is 0 Å². The van der Waals surface area contributed by atoms with E-state index < -0.39 is 6.09 Å². The lowest BCUT2D eigenvalue weighted by Crippen LogP contribution is -2.13. The molecule has 84 valence electrons. The van der Waals surface area contributed by atoms with Crippen molar-refractivity contribution in [2.75, 3.05) is 6.79 Å². The van der Waals surface area contributed by atoms with Crippen molar-refractivity contribution in [1.82, 2.24) is 0 Å². The van der Waals surface area contributed by atoms with Gasteiger partial charge in [-0.2, -0.15) is 0 Å². The molecule has 5 heteroatoms. The molecule has 0 aromatic heterocycles. The molecular weight excluding hydrogens is 210 g/mol. The van der Waals surface area contributed by atoms with Crippen LogP contribution in [0.5, 0.6) is 11.5 Å². The van der Waals surface area contributed by atoms with Crippen molar-refractivity contribution in [2.24, 2.45) is 5.73 Å². The molecule has 1 amide bonds. The van der Waals surface area contributed by atoms with Crippen molar-refractivity contribution < 1.29 is 19.0 Å². The van der Waals surface area contributed by atoms with Gasteiger partial charge < -0.3 is 19.9 Å². The molecule has 1 aromatic carbocycles. The standard InChI is InChI=1S/C11H11NO4/c1-2-7-3-9-10(16-6-15-9)4-8(7)5-14-11(12)13/h2-4H,1,5-6H2,(H2,12,13). The Morgan fingerprint density at radius 3 is 2.81 bits per heavy atom. The van der Waals surface area contributed by atoms with Crippen LogP contribution in [0.15, 0.2) is 18.7 Å². The summed E-state index contributed by atoms with van der Waals surface area (Å²) < 4.78 is 15.2.